The maximum absolute atomic E-state index is 10.4. The van der Waals surface area contributed by atoms with Gasteiger partial charge in [0.15, 0.2) is 0 Å². The Morgan fingerprint density at radius 2 is 2.40 bits per heavy atom. The van der Waals surface area contributed by atoms with Gasteiger partial charge in [-0.1, -0.05) is 11.3 Å². The van der Waals surface area contributed by atoms with Crippen molar-refractivity contribution < 1.29 is 15.1 Å². The van der Waals surface area contributed by atoms with Crippen molar-refractivity contribution in [3.8, 4) is 0 Å². The Kier molecular flexibility index (Phi) is 5.03. The van der Waals surface area contributed by atoms with Crippen molar-refractivity contribution >= 4 is 28.1 Å². The van der Waals surface area contributed by atoms with Crippen LogP contribution in [0.3, 0.4) is 0 Å². The molecule has 0 radical (unpaired) electrons. The minimum absolute atomic E-state index is 0.133. The smallest absolute Gasteiger partial charge is 0.324 e. The van der Waals surface area contributed by atoms with E-state index in [4.69, 9.17) is 10.2 Å². The number of aliphatic hydroxyl groups is 2. The summed E-state index contributed by atoms with van der Waals surface area (Å²) < 4.78 is 0. The molecule has 0 bridgehead atoms. The molecular formula is C8H11NO4S2. The minimum atomic E-state index is -0.719. The van der Waals surface area contributed by atoms with Crippen molar-refractivity contribution in [2.75, 3.05) is 12.4 Å². The lowest BCUT2D eigenvalue weighted by molar-refractivity contribution is -0.380. The molecule has 0 saturated heterocycles. The molecule has 1 aromatic rings. The van der Waals surface area contributed by atoms with Crippen molar-refractivity contribution in [3.05, 3.63) is 27.1 Å². The van der Waals surface area contributed by atoms with Gasteiger partial charge >= 0.3 is 5.00 Å². The zero-order valence-electron chi connectivity index (χ0n) is 7.83. The summed E-state index contributed by atoms with van der Waals surface area (Å²) in [7, 11) is 0. The zero-order chi connectivity index (χ0) is 11.3. The predicted octanol–water partition coefficient (Wildman–Crippen LogP) is 1.24. The zero-order valence-corrected chi connectivity index (χ0v) is 9.46. The summed E-state index contributed by atoms with van der Waals surface area (Å²) in [6.45, 7) is -0.253. The first-order chi connectivity index (χ1) is 7.13. The van der Waals surface area contributed by atoms with E-state index < -0.39 is 11.0 Å². The highest BCUT2D eigenvalue weighted by atomic mass is 32.2. The third-order valence-corrected chi connectivity index (χ3v) is 3.70. The van der Waals surface area contributed by atoms with E-state index in [1.54, 1.807) is 5.38 Å². The van der Waals surface area contributed by atoms with Crippen LogP contribution in [0.1, 0.15) is 5.56 Å². The lowest BCUT2D eigenvalue weighted by Crippen LogP contribution is -2.14. The van der Waals surface area contributed by atoms with Crippen molar-refractivity contribution in [3.63, 3.8) is 0 Å². The number of rotatable bonds is 6. The van der Waals surface area contributed by atoms with E-state index in [0.29, 0.717) is 11.5 Å². The lowest BCUT2D eigenvalue weighted by Gasteiger charge is -2.04. The molecule has 1 heterocycles. The molecule has 1 atom stereocenters. The second kappa shape index (κ2) is 6.06. The normalized spacial score (nSPS) is 12.7. The van der Waals surface area contributed by atoms with E-state index in [-0.39, 0.29) is 11.6 Å². The van der Waals surface area contributed by atoms with Gasteiger partial charge < -0.3 is 10.2 Å². The van der Waals surface area contributed by atoms with Crippen LogP contribution in [-0.4, -0.2) is 33.6 Å². The van der Waals surface area contributed by atoms with E-state index >= 15 is 0 Å². The largest absolute Gasteiger partial charge is 0.394 e. The first kappa shape index (κ1) is 12.4. The molecule has 0 fully saturated rings. The van der Waals surface area contributed by atoms with E-state index in [2.05, 4.69) is 0 Å². The van der Waals surface area contributed by atoms with Crippen molar-refractivity contribution in [1.82, 2.24) is 0 Å². The molecule has 1 unspecified atom stereocenters. The molecular weight excluding hydrogens is 238 g/mol. The Morgan fingerprint density at radius 1 is 1.67 bits per heavy atom. The van der Waals surface area contributed by atoms with Crippen molar-refractivity contribution in [2.24, 2.45) is 0 Å². The van der Waals surface area contributed by atoms with Crippen LogP contribution in [0.25, 0.3) is 0 Å². The van der Waals surface area contributed by atoms with Crippen molar-refractivity contribution in [1.29, 1.82) is 0 Å². The van der Waals surface area contributed by atoms with Crippen LogP contribution < -0.4 is 0 Å². The van der Waals surface area contributed by atoms with Gasteiger partial charge in [-0.25, -0.2) is 0 Å². The highest BCUT2D eigenvalue weighted by molar-refractivity contribution is 7.98. The van der Waals surface area contributed by atoms with Crippen LogP contribution in [0.5, 0.6) is 0 Å². The van der Waals surface area contributed by atoms with Crippen LogP contribution in [0.4, 0.5) is 5.00 Å². The molecule has 0 aliphatic heterocycles. The molecule has 0 amide bonds. The molecule has 0 aliphatic carbocycles. The summed E-state index contributed by atoms with van der Waals surface area (Å²) in [4.78, 5) is 9.96. The van der Waals surface area contributed by atoms with Gasteiger partial charge in [-0.2, -0.15) is 11.8 Å². The minimum Gasteiger partial charge on any atom is -0.394 e. The van der Waals surface area contributed by atoms with Gasteiger partial charge in [0.2, 0.25) is 0 Å². The maximum Gasteiger partial charge on any atom is 0.324 e. The van der Waals surface area contributed by atoms with Gasteiger partial charge in [-0.05, 0) is 5.56 Å². The average molecular weight is 249 g/mol. The van der Waals surface area contributed by atoms with Gasteiger partial charge in [0.05, 0.1) is 17.6 Å². The summed E-state index contributed by atoms with van der Waals surface area (Å²) in [5, 5.41) is 29.9. The molecule has 84 valence electrons. The topological polar surface area (TPSA) is 83.6 Å². The van der Waals surface area contributed by atoms with Crippen LogP contribution >= 0.6 is 23.1 Å². The molecule has 2 N–H and O–H groups in total. The molecule has 1 rings (SSSR count). The number of nitrogens with zero attached hydrogens (tertiary/aromatic N) is 1. The van der Waals surface area contributed by atoms with E-state index in [0.717, 1.165) is 16.9 Å². The average Bonchev–Trinajstić information content (AvgIpc) is 2.66. The Balaban J connectivity index is 2.35. The number of thioether (sulfide) groups is 1. The molecule has 15 heavy (non-hydrogen) atoms. The Bertz CT molecular complexity index is 328. The van der Waals surface area contributed by atoms with Crippen LogP contribution in [-0.2, 0) is 5.75 Å². The highest BCUT2D eigenvalue weighted by Gasteiger charge is 2.10. The van der Waals surface area contributed by atoms with Crippen LogP contribution in [0.15, 0.2) is 11.4 Å². The number of nitro groups is 1. The van der Waals surface area contributed by atoms with Crippen LogP contribution in [0.2, 0.25) is 0 Å². The Hall–Kier alpha value is -0.630. The SMILES string of the molecule is O=[N+]([O-])c1cc(CSCC(O)CO)cs1. The number of hydrogen-bond acceptors (Lipinski definition) is 6. The van der Waals surface area contributed by atoms with Crippen LogP contribution in [0, 0.1) is 10.1 Å². The standard InChI is InChI=1S/C8H11NO4S2/c10-2-7(11)5-14-3-6-1-8(9(12)13)15-4-6/h1,4,7,10-11H,2-3,5H2. The lowest BCUT2D eigenvalue weighted by atomic mass is 10.4. The molecule has 0 spiro atoms. The molecule has 1 aromatic heterocycles. The monoisotopic (exact) mass is 249 g/mol. The fraction of sp³-hybridized carbons (Fsp3) is 0.500. The molecule has 0 aliphatic rings. The fourth-order valence-electron chi connectivity index (χ4n) is 0.900. The third kappa shape index (κ3) is 4.17. The highest BCUT2D eigenvalue weighted by Crippen LogP contribution is 2.25. The second-order valence-corrected chi connectivity index (χ2v) is 4.82. The maximum atomic E-state index is 10.4. The number of aliphatic hydroxyl groups excluding tert-OH is 2. The second-order valence-electron chi connectivity index (χ2n) is 2.90. The van der Waals surface area contributed by atoms with Crippen molar-refractivity contribution in [2.45, 2.75) is 11.9 Å². The van der Waals surface area contributed by atoms with E-state index in [1.165, 1.54) is 17.8 Å². The molecule has 0 aromatic carbocycles. The quantitative estimate of drug-likeness (QED) is 0.585. The Labute approximate surface area is 94.9 Å². The molecule has 5 nitrogen and oxygen atoms in total. The third-order valence-electron chi connectivity index (χ3n) is 1.61. The number of thiophene rings is 1. The first-order valence-corrected chi connectivity index (χ1v) is 6.25. The summed E-state index contributed by atoms with van der Waals surface area (Å²) in [6.07, 6.45) is -0.719. The molecule has 0 saturated carbocycles. The van der Waals surface area contributed by atoms with Gasteiger partial charge in [0.1, 0.15) is 0 Å². The fourth-order valence-corrected chi connectivity index (χ4v) is 2.63. The summed E-state index contributed by atoms with van der Waals surface area (Å²) in [6, 6.07) is 1.53. The summed E-state index contributed by atoms with van der Waals surface area (Å²) >= 11 is 2.54. The van der Waals surface area contributed by atoms with Gasteiger partial charge in [-0.3, -0.25) is 10.1 Å². The van der Waals surface area contributed by atoms with E-state index in [9.17, 15) is 10.1 Å². The number of hydrogen-bond donors (Lipinski definition) is 2. The van der Waals surface area contributed by atoms with Gasteiger partial charge in [-0.15, -0.1) is 0 Å². The summed E-state index contributed by atoms with van der Waals surface area (Å²) in [5.41, 5.74) is 0.877. The molecule has 7 heteroatoms. The van der Waals surface area contributed by atoms with Gasteiger partial charge in [0.25, 0.3) is 0 Å². The first-order valence-electron chi connectivity index (χ1n) is 4.22. The predicted molar refractivity (Wildman–Crippen MR) is 60.2 cm³/mol. The Morgan fingerprint density at radius 3 is 2.93 bits per heavy atom. The summed E-state index contributed by atoms with van der Waals surface area (Å²) in [5.74, 6) is 1.04. The van der Waals surface area contributed by atoms with Gasteiger partial charge in [0, 0.05) is 23.0 Å². The van der Waals surface area contributed by atoms with E-state index in [1.807, 2.05) is 0 Å².